The van der Waals surface area contributed by atoms with Crippen LogP contribution < -0.4 is 5.73 Å². The lowest BCUT2D eigenvalue weighted by atomic mass is 10.4. The van der Waals surface area contributed by atoms with Crippen LogP contribution >= 0.6 is 0 Å². The Morgan fingerprint density at radius 2 is 2.40 bits per heavy atom. The van der Waals surface area contributed by atoms with Crippen LogP contribution in [0.15, 0.2) is 4.52 Å². The molecule has 1 aromatic rings. The highest BCUT2D eigenvalue weighted by atomic mass is 16.5. The van der Waals surface area contributed by atoms with Crippen LogP contribution in [0.3, 0.4) is 0 Å². The molecule has 0 aliphatic heterocycles. The van der Waals surface area contributed by atoms with Gasteiger partial charge >= 0.3 is 0 Å². The standard InChI is InChI=1S/C6H11N3O/c1-3-5-8-6(4(2)7)10-9-5/h4H,3,7H2,1-2H3. The molecule has 0 amide bonds. The SMILES string of the molecule is CCc1noc(C(C)N)n1. The summed E-state index contributed by atoms with van der Waals surface area (Å²) in [5.74, 6) is 1.23. The highest BCUT2D eigenvalue weighted by Crippen LogP contribution is 2.05. The lowest BCUT2D eigenvalue weighted by Gasteiger charge is -1.92. The van der Waals surface area contributed by atoms with Crippen molar-refractivity contribution in [1.29, 1.82) is 0 Å². The fourth-order valence-corrected chi connectivity index (χ4v) is 0.596. The molecular formula is C6H11N3O. The molecule has 0 fully saturated rings. The molecule has 4 heteroatoms. The van der Waals surface area contributed by atoms with Crippen LogP contribution in [0.25, 0.3) is 0 Å². The molecular weight excluding hydrogens is 130 g/mol. The summed E-state index contributed by atoms with van der Waals surface area (Å²) in [6.07, 6.45) is 0.788. The van der Waals surface area contributed by atoms with Crippen LogP contribution in [-0.4, -0.2) is 10.1 Å². The van der Waals surface area contributed by atoms with Gasteiger partial charge in [0.05, 0.1) is 6.04 Å². The van der Waals surface area contributed by atoms with Crippen LogP contribution in [0.2, 0.25) is 0 Å². The van der Waals surface area contributed by atoms with Crippen molar-refractivity contribution in [3.8, 4) is 0 Å². The summed E-state index contributed by atoms with van der Waals surface area (Å²) in [5, 5.41) is 3.69. The van der Waals surface area contributed by atoms with Gasteiger partial charge in [-0.15, -0.1) is 0 Å². The Labute approximate surface area is 59.4 Å². The maximum atomic E-state index is 5.49. The minimum atomic E-state index is -0.159. The van der Waals surface area contributed by atoms with Crippen molar-refractivity contribution in [3.05, 3.63) is 11.7 Å². The maximum Gasteiger partial charge on any atom is 0.243 e. The van der Waals surface area contributed by atoms with Crippen molar-refractivity contribution in [2.24, 2.45) is 5.73 Å². The molecule has 0 saturated carbocycles. The van der Waals surface area contributed by atoms with Gasteiger partial charge in [0.25, 0.3) is 0 Å². The minimum absolute atomic E-state index is 0.159. The Balaban J connectivity index is 2.78. The van der Waals surface area contributed by atoms with Gasteiger partial charge in [0.2, 0.25) is 5.89 Å². The summed E-state index contributed by atoms with van der Waals surface area (Å²) in [6.45, 7) is 3.78. The molecule has 2 N–H and O–H groups in total. The van der Waals surface area contributed by atoms with Crippen LogP contribution in [0, 0.1) is 0 Å². The number of aromatic nitrogens is 2. The number of aryl methyl sites for hydroxylation is 1. The summed E-state index contributed by atoms with van der Waals surface area (Å²) >= 11 is 0. The summed E-state index contributed by atoms with van der Waals surface area (Å²) in [5.41, 5.74) is 5.49. The van der Waals surface area contributed by atoms with Crippen LogP contribution in [0.1, 0.15) is 31.6 Å². The molecule has 10 heavy (non-hydrogen) atoms. The number of rotatable bonds is 2. The monoisotopic (exact) mass is 141 g/mol. The van der Waals surface area contributed by atoms with Gasteiger partial charge in [-0.2, -0.15) is 4.98 Å². The fraction of sp³-hybridized carbons (Fsp3) is 0.667. The van der Waals surface area contributed by atoms with Gasteiger partial charge in [0.15, 0.2) is 5.82 Å². The summed E-state index contributed by atoms with van der Waals surface area (Å²) in [4.78, 5) is 4.03. The smallest absolute Gasteiger partial charge is 0.243 e. The molecule has 0 aliphatic carbocycles. The predicted octanol–water partition coefficient (Wildman–Crippen LogP) is 0.652. The van der Waals surface area contributed by atoms with E-state index in [9.17, 15) is 0 Å². The normalized spacial score (nSPS) is 13.5. The molecule has 1 atom stereocenters. The molecule has 1 heterocycles. The molecule has 0 aliphatic rings. The molecule has 0 saturated heterocycles. The molecule has 1 rings (SSSR count). The number of hydrogen-bond donors (Lipinski definition) is 1. The average Bonchev–Trinajstić information content (AvgIpc) is 2.34. The van der Waals surface area contributed by atoms with Gasteiger partial charge in [0, 0.05) is 6.42 Å². The highest BCUT2D eigenvalue weighted by molar-refractivity contribution is 4.89. The van der Waals surface area contributed by atoms with Crippen LogP contribution in [0.5, 0.6) is 0 Å². The molecule has 0 bridgehead atoms. The molecule has 0 radical (unpaired) electrons. The molecule has 1 aromatic heterocycles. The van der Waals surface area contributed by atoms with Crippen LogP contribution in [0.4, 0.5) is 0 Å². The summed E-state index contributed by atoms with van der Waals surface area (Å²) < 4.78 is 4.83. The third kappa shape index (κ3) is 1.33. The summed E-state index contributed by atoms with van der Waals surface area (Å²) in [7, 11) is 0. The topological polar surface area (TPSA) is 64.9 Å². The lowest BCUT2D eigenvalue weighted by Crippen LogP contribution is -2.05. The highest BCUT2D eigenvalue weighted by Gasteiger charge is 2.07. The molecule has 0 aromatic carbocycles. The van der Waals surface area contributed by atoms with E-state index in [2.05, 4.69) is 10.1 Å². The van der Waals surface area contributed by atoms with E-state index in [4.69, 9.17) is 10.3 Å². The van der Waals surface area contributed by atoms with E-state index in [0.29, 0.717) is 11.7 Å². The van der Waals surface area contributed by atoms with Crippen molar-refractivity contribution < 1.29 is 4.52 Å². The van der Waals surface area contributed by atoms with Gasteiger partial charge in [0.1, 0.15) is 0 Å². The second-order valence-electron chi connectivity index (χ2n) is 2.19. The number of nitrogens with zero attached hydrogens (tertiary/aromatic N) is 2. The van der Waals surface area contributed by atoms with E-state index in [1.165, 1.54) is 0 Å². The second kappa shape index (κ2) is 2.79. The van der Waals surface area contributed by atoms with Gasteiger partial charge < -0.3 is 10.3 Å². The van der Waals surface area contributed by atoms with Gasteiger partial charge in [-0.3, -0.25) is 0 Å². The van der Waals surface area contributed by atoms with E-state index in [-0.39, 0.29) is 6.04 Å². The first-order chi connectivity index (χ1) is 4.74. The van der Waals surface area contributed by atoms with Crippen molar-refractivity contribution >= 4 is 0 Å². The maximum absolute atomic E-state index is 5.49. The first-order valence-electron chi connectivity index (χ1n) is 3.32. The van der Waals surface area contributed by atoms with Crippen molar-refractivity contribution in [1.82, 2.24) is 10.1 Å². The average molecular weight is 141 g/mol. The van der Waals surface area contributed by atoms with Crippen LogP contribution in [-0.2, 0) is 6.42 Å². The van der Waals surface area contributed by atoms with E-state index in [0.717, 1.165) is 6.42 Å². The number of nitrogens with two attached hydrogens (primary N) is 1. The Kier molecular flexibility index (Phi) is 2.01. The lowest BCUT2D eigenvalue weighted by molar-refractivity contribution is 0.357. The first kappa shape index (κ1) is 7.21. The van der Waals surface area contributed by atoms with Gasteiger partial charge in [-0.1, -0.05) is 12.1 Å². The predicted molar refractivity (Wildman–Crippen MR) is 36.3 cm³/mol. The Morgan fingerprint density at radius 1 is 1.70 bits per heavy atom. The molecule has 0 spiro atoms. The molecule has 56 valence electrons. The van der Waals surface area contributed by atoms with Crippen molar-refractivity contribution in [3.63, 3.8) is 0 Å². The van der Waals surface area contributed by atoms with Crippen molar-refractivity contribution in [2.75, 3.05) is 0 Å². The summed E-state index contributed by atoms with van der Waals surface area (Å²) in [6, 6.07) is -0.159. The minimum Gasteiger partial charge on any atom is -0.338 e. The van der Waals surface area contributed by atoms with E-state index in [1.54, 1.807) is 0 Å². The number of hydrogen-bond acceptors (Lipinski definition) is 4. The zero-order chi connectivity index (χ0) is 7.56. The Morgan fingerprint density at radius 3 is 2.70 bits per heavy atom. The third-order valence-corrected chi connectivity index (χ3v) is 1.19. The Hall–Kier alpha value is -0.900. The fourth-order valence-electron chi connectivity index (χ4n) is 0.596. The second-order valence-corrected chi connectivity index (χ2v) is 2.19. The quantitative estimate of drug-likeness (QED) is 0.656. The molecule has 4 nitrogen and oxygen atoms in total. The van der Waals surface area contributed by atoms with E-state index >= 15 is 0 Å². The van der Waals surface area contributed by atoms with Gasteiger partial charge in [-0.05, 0) is 6.92 Å². The largest absolute Gasteiger partial charge is 0.338 e. The zero-order valence-corrected chi connectivity index (χ0v) is 6.16. The van der Waals surface area contributed by atoms with Gasteiger partial charge in [-0.25, -0.2) is 0 Å². The third-order valence-electron chi connectivity index (χ3n) is 1.19. The van der Waals surface area contributed by atoms with E-state index in [1.807, 2.05) is 13.8 Å². The first-order valence-corrected chi connectivity index (χ1v) is 3.32. The Bertz CT molecular complexity index is 207. The van der Waals surface area contributed by atoms with E-state index < -0.39 is 0 Å². The van der Waals surface area contributed by atoms with Crippen molar-refractivity contribution in [2.45, 2.75) is 26.3 Å². The zero-order valence-electron chi connectivity index (χ0n) is 6.16. The molecule has 1 unspecified atom stereocenters.